The molecule has 1 fully saturated rings. The van der Waals surface area contributed by atoms with Crippen molar-refractivity contribution in [3.05, 3.63) is 48.0 Å². The van der Waals surface area contributed by atoms with E-state index in [2.05, 4.69) is 15.3 Å². The van der Waals surface area contributed by atoms with Gasteiger partial charge in [-0.2, -0.15) is 0 Å². The number of anilines is 1. The number of para-hydroxylation sites is 2. The van der Waals surface area contributed by atoms with Gasteiger partial charge >= 0.3 is 0 Å². The van der Waals surface area contributed by atoms with Crippen LogP contribution in [-0.4, -0.2) is 41.5 Å². The van der Waals surface area contributed by atoms with Crippen molar-refractivity contribution >= 4 is 17.5 Å². The van der Waals surface area contributed by atoms with Crippen LogP contribution in [0.5, 0.6) is 5.75 Å². The molecule has 1 unspecified atom stereocenters. The Balaban J connectivity index is 1.69. The van der Waals surface area contributed by atoms with Gasteiger partial charge < -0.3 is 15.0 Å². The topological polar surface area (TPSA) is 84.4 Å². The molecule has 3 rings (SSSR count). The number of nitrogens with zero attached hydrogens (tertiary/aromatic N) is 3. The SMILES string of the molecule is CCc1ncc(C(=O)NC2CC(=O)N(c3ccccc3OC)C2)cn1. The zero-order valence-electron chi connectivity index (χ0n) is 14.2. The molecule has 0 bridgehead atoms. The van der Waals surface area contributed by atoms with Crippen molar-refractivity contribution in [1.29, 1.82) is 0 Å². The second kappa shape index (κ2) is 7.29. The van der Waals surface area contributed by atoms with E-state index in [0.29, 0.717) is 35.8 Å². The van der Waals surface area contributed by atoms with Gasteiger partial charge in [-0.15, -0.1) is 0 Å². The molecule has 2 amide bonds. The van der Waals surface area contributed by atoms with Crippen LogP contribution >= 0.6 is 0 Å². The Morgan fingerprint density at radius 1 is 1.32 bits per heavy atom. The molecule has 7 nitrogen and oxygen atoms in total. The molecular formula is C18H20N4O3. The third-order valence-corrected chi connectivity index (χ3v) is 4.12. The molecule has 0 radical (unpaired) electrons. The van der Waals surface area contributed by atoms with Crippen molar-refractivity contribution in [2.24, 2.45) is 0 Å². The lowest BCUT2D eigenvalue weighted by molar-refractivity contribution is -0.117. The second-order valence-corrected chi connectivity index (χ2v) is 5.79. The van der Waals surface area contributed by atoms with Crippen LogP contribution in [0.1, 0.15) is 29.5 Å². The number of methoxy groups -OCH3 is 1. The number of carbonyl (C=O) groups is 2. The molecule has 1 aromatic carbocycles. The summed E-state index contributed by atoms with van der Waals surface area (Å²) in [6, 6.07) is 7.07. The lowest BCUT2D eigenvalue weighted by Gasteiger charge is -2.19. The molecule has 7 heteroatoms. The summed E-state index contributed by atoms with van der Waals surface area (Å²) in [5, 5.41) is 2.88. The molecule has 1 N–H and O–H groups in total. The average molecular weight is 340 g/mol. The van der Waals surface area contributed by atoms with Crippen molar-refractivity contribution < 1.29 is 14.3 Å². The molecular weight excluding hydrogens is 320 g/mol. The van der Waals surface area contributed by atoms with Gasteiger partial charge in [0, 0.05) is 31.8 Å². The molecule has 0 spiro atoms. The number of hydrogen-bond acceptors (Lipinski definition) is 5. The zero-order chi connectivity index (χ0) is 17.8. The van der Waals surface area contributed by atoms with Crippen molar-refractivity contribution in [1.82, 2.24) is 15.3 Å². The predicted octanol–water partition coefficient (Wildman–Crippen LogP) is 1.58. The minimum atomic E-state index is -0.276. The van der Waals surface area contributed by atoms with E-state index in [1.54, 1.807) is 18.1 Å². The molecule has 1 saturated heterocycles. The van der Waals surface area contributed by atoms with Crippen LogP contribution in [0.2, 0.25) is 0 Å². The maximum Gasteiger partial charge on any atom is 0.254 e. The van der Waals surface area contributed by atoms with Gasteiger partial charge in [-0.3, -0.25) is 9.59 Å². The Hall–Kier alpha value is -2.96. The second-order valence-electron chi connectivity index (χ2n) is 5.79. The van der Waals surface area contributed by atoms with Crippen LogP contribution in [0.25, 0.3) is 0 Å². The van der Waals surface area contributed by atoms with Crippen molar-refractivity contribution in [2.45, 2.75) is 25.8 Å². The molecule has 0 aliphatic carbocycles. The highest BCUT2D eigenvalue weighted by atomic mass is 16.5. The molecule has 0 saturated carbocycles. The van der Waals surface area contributed by atoms with Crippen LogP contribution in [0.3, 0.4) is 0 Å². The smallest absolute Gasteiger partial charge is 0.254 e. The standard InChI is InChI=1S/C18H20N4O3/c1-3-16-19-9-12(10-20-16)18(24)21-13-8-17(23)22(11-13)14-6-4-5-7-15(14)25-2/h4-7,9-10,13H,3,8,11H2,1-2H3,(H,21,24). The summed E-state index contributed by atoms with van der Waals surface area (Å²) in [6.45, 7) is 2.35. The summed E-state index contributed by atoms with van der Waals surface area (Å²) in [4.78, 5) is 34.6. The zero-order valence-corrected chi connectivity index (χ0v) is 14.2. The highest BCUT2D eigenvalue weighted by Crippen LogP contribution is 2.31. The van der Waals surface area contributed by atoms with E-state index in [-0.39, 0.29) is 24.3 Å². The monoisotopic (exact) mass is 340 g/mol. The number of aromatic nitrogens is 2. The summed E-state index contributed by atoms with van der Waals surface area (Å²) in [7, 11) is 1.57. The van der Waals surface area contributed by atoms with Gasteiger partial charge in [0.2, 0.25) is 5.91 Å². The minimum Gasteiger partial charge on any atom is -0.495 e. The van der Waals surface area contributed by atoms with E-state index in [1.165, 1.54) is 12.4 Å². The third kappa shape index (κ3) is 3.60. The highest BCUT2D eigenvalue weighted by Gasteiger charge is 2.33. The summed E-state index contributed by atoms with van der Waals surface area (Å²) in [5.74, 6) is 0.996. The molecule has 1 aliphatic rings. The first-order valence-electron chi connectivity index (χ1n) is 8.17. The third-order valence-electron chi connectivity index (χ3n) is 4.12. The lowest BCUT2D eigenvalue weighted by Crippen LogP contribution is -2.37. The normalized spacial score (nSPS) is 16.8. The summed E-state index contributed by atoms with van der Waals surface area (Å²) in [5.41, 5.74) is 1.10. The van der Waals surface area contributed by atoms with Crippen molar-refractivity contribution in [3.8, 4) is 5.75 Å². The number of amides is 2. The van der Waals surface area contributed by atoms with Gasteiger partial charge in [0.25, 0.3) is 5.91 Å². The van der Waals surface area contributed by atoms with E-state index >= 15 is 0 Å². The summed E-state index contributed by atoms with van der Waals surface area (Å²) < 4.78 is 5.32. The van der Waals surface area contributed by atoms with Gasteiger partial charge in [0.05, 0.1) is 24.4 Å². The molecule has 1 aromatic heterocycles. The highest BCUT2D eigenvalue weighted by molar-refractivity contribution is 5.99. The first-order chi connectivity index (χ1) is 12.1. The number of benzene rings is 1. The quantitative estimate of drug-likeness (QED) is 0.893. The van der Waals surface area contributed by atoms with Crippen LogP contribution in [0, 0.1) is 0 Å². The average Bonchev–Trinajstić information content (AvgIpc) is 3.01. The fourth-order valence-corrected chi connectivity index (χ4v) is 2.81. The van der Waals surface area contributed by atoms with Gasteiger partial charge in [0.15, 0.2) is 0 Å². The molecule has 1 atom stereocenters. The number of rotatable bonds is 5. The Kier molecular flexibility index (Phi) is 4.92. The Morgan fingerprint density at radius 2 is 2.04 bits per heavy atom. The minimum absolute atomic E-state index is 0.0487. The largest absolute Gasteiger partial charge is 0.495 e. The van der Waals surface area contributed by atoms with Crippen molar-refractivity contribution in [3.63, 3.8) is 0 Å². The number of carbonyl (C=O) groups excluding carboxylic acids is 2. The van der Waals surface area contributed by atoms with E-state index in [4.69, 9.17) is 4.74 Å². The summed E-state index contributed by atoms with van der Waals surface area (Å²) in [6.07, 6.45) is 3.98. The van der Waals surface area contributed by atoms with Crippen molar-refractivity contribution in [2.75, 3.05) is 18.6 Å². The van der Waals surface area contributed by atoms with Gasteiger partial charge in [-0.25, -0.2) is 9.97 Å². The van der Waals surface area contributed by atoms with E-state index in [1.807, 2.05) is 25.1 Å². The Bertz CT molecular complexity index is 776. The van der Waals surface area contributed by atoms with Gasteiger partial charge in [-0.1, -0.05) is 19.1 Å². The fraction of sp³-hybridized carbons (Fsp3) is 0.333. The van der Waals surface area contributed by atoms with E-state index in [0.717, 1.165) is 0 Å². The van der Waals surface area contributed by atoms with Crippen LogP contribution < -0.4 is 15.0 Å². The summed E-state index contributed by atoms with van der Waals surface area (Å²) >= 11 is 0. The number of hydrogen-bond donors (Lipinski definition) is 1. The van der Waals surface area contributed by atoms with Crippen LogP contribution in [0.4, 0.5) is 5.69 Å². The van der Waals surface area contributed by atoms with E-state index in [9.17, 15) is 9.59 Å². The lowest BCUT2D eigenvalue weighted by atomic mass is 10.2. The maximum absolute atomic E-state index is 12.3. The Labute approximate surface area is 146 Å². The molecule has 25 heavy (non-hydrogen) atoms. The number of aryl methyl sites for hydroxylation is 1. The van der Waals surface area contributed by atoms with Gasteiger partial charge in [0.1, 0.15) is 11.6 Å². The Morgan fingerprint density at radius 3 is 2.72 bits per heavy atom. The first-order valence-corrected chi connectivity index (χ1v) is 8.17. The maximum atomic E-state index is 12.3. The number of nitrogens with one attached hydrogen (secondary N) is 1. The van der Waals surface area contributed by atoms with Gasteiger partial charge in [-0.05, 0) is 12.1 Å². The molecule has 2 aromatic rings. The molecule has 2 heterocycles. The first kappa shape index (κ1) is 16.9. The molecule has 130 valence electrons. The van der Waals surface area contributed by atoms with E-state index < -0.39 is 0 Å². The van der Waals surface area contributed by atoms with Crippen LogP contribution in [0.15, 0.2) is 36.7 Å². The number of ether oxygens (including phenoxy) is 1. The fourth-order valence-electron chi connectivity index (χ4n) is 2.81. The van der Waals surface area contributed by atoms with Crippen LogP contribution in [-0.2, 0) is 11.2 Å². The predicted molar refractivity (Wildman–Crippen MR) is 92.6 cm³/mol. The molecule has 1 aliphatic heterocycles.